The molecule has 1 fully saturated rings. The first-order valence-electron chi connectivity index (χ1n) is 6.78. The van der Waals surface area contributed by atoms with Gasteiger partial charge < -0.3 is 0 Å². The normalized spacial score (nSPS) is 22.5. The fourth-order valence-corrected chi connectivity index (χ4v) is 2.45. The average molecular weight is 273 g/mol. The quantitative estimate of drug-likeness (QED) is 0.626. The topological polar surface area (TPSA) is 54.5 Å². The maximum atomic E-state index is 12.3. The Morgan fingerprint density at radius 3 is 2.20 bits per heavy atom. The highest BCUT2D eigenvalue weighted by Gasteiger charge is 2.42. The molecule has 1 saturated heterocycles. The van der Waals surface area contributed by atoms with E-state index in [1.165, 1.54) is 0 Å². The molecule has 0 bridgehead atoms. The van der Waals surface area contributed by atoms with Crippen LogP contribution in [-0.4, -0.2) is 29.0 Å². The van der Waals surface area contributed by atoms with Gasteiger partial charge in [-0.05, 0) is 25.5 Å². The summed E-state index contributed by atoms with van der Waals surface area (Å²) in [5.74, 6) is -1.36. The van der Waals surface area contributed by atoms with Gasteiger partial charge >= 0.3 is 0 Å². The van der Waals surface area contributed by atoms with E-state index in [0.717, 1.165) is 16.0 Å². The summed E-state index contributed by atoms with van der Waals surface area (Å²) in [6, 6.07) is 5.61. The fraction of sp³-hybridized carbons (Fsp3) is 0.438. The van der Waals surface area contributed by atoms with Crippen LogP contribution in [0.5, 0.6) is 0 Å². The fourth-order valence-electron chi connectivity index (χ4n) is 2.45. The van der Waals surface area contributed by atoms with Crippen LogP contribution < -0.4 is 0 Å². The number of ketones is 1. The Balaban J connectivity index is 2.22. The third-order valence-electron chi connectivity index (χ3n) is 4.06. The Morgan fingerprint density at radius 2 is 1.65 bits per heavy atom. The van der Waals surface area contributed by atoms with Gasteiger partial charge in [-0.3, -0.25) is 19.3 Å². The van der Waals surface area contributed by atoms with Gasteiger partial charge in [-0.15, -0.1) is 0 Å². The Labute approximate surface area is 118 Å². The van der Waals surface area contributed by atoms with Gasteiger partial charge in [-0.1, -0.05) is 31.5 Å². The number of benzene rings is 1. The second kappa shape index (κ2) is 5.19. The highest BCUT2D eigenvalue weighted by molar-refractivity contribution is 6.09. The minimum atomic E-state index is -0.339. The molecule has 0 N–H and O–H groups in total. The van der Waals surface area contributed by atoms with Crippen molar-refractivity contribution in [3.05, 3.63) is 34.9 Å². The van der Waals surface area contributed by atoms with Gasteiger partial charge in [0, 0.05) is 17.4 Å². The van der Waals surface area contributed by atoms with Crippen LogP contribution in [0.15, 0.2) is 18.2 Å². The van der Waals surface area contributed by atoms with Crippen molar-refractivity contribution in [3.63, 3.8) is 0 Å². The van der Waals surface area contributed by atoms with E-state index in [4.69, 9.17) is 0 Å². The van der Waals surface area contributed by atoms with Crippen LogP contribution in [0.3, 0.4) is 0 Å². The Morgan fingerprint density at radius 1 is 1.10 bits per heavy atom. The van der Waals surface area contributed by atoms with Gasteiger partial charge in [-0.25, -0.2) is 0 Å². The number of imide groups is 1. The lowest BCUT2D eigenvalue weighted by molar-refractivity contribution is -0.139. The zero-order valence-electron chi connectivity index (χ0n) is 12.3. The van der Waals surface area contributed by atoms with Gasteiger partial charge in [0.05, 0.1) is 6.54 Å². The van der Waals surface area contributed by atoms with Crippen molar-refractivity contribution >= 4 is 17.6 Å². The molecule has 2 amide bonds. The molecular formula is C16H19NO3. The van der Waals surface area contributed by atoms with E-state index in [1.807, 2.05) is 26.0 Å². The predicted octanol–water partition coefficient (Wildman–Crippen LogP) is 2.13. The van der Waals surface area contributed by atoms with Crippen LogP contribution in [0.1, 0.15) is 35.3 Å². The number of carbonyl (C=O) groups excluding carboxylic acids is 3. The van der Waals surface area contributed by atoms with E-state index in [9.17, 15) is 14.4 Å². The van der Waals surface area contributed by atoms with Crippen molar-refractivity contribution < 1.29 is 14.4 Å². The van der Waals surface area contributed by atoms with E-state index < -0.39 is 0 Å². The summed E-state index contributed by atoms with van der Waals surface area (Å²) >= 11 is 0. The van der Waals surface area contributed by atoms with Crippen LogP contribution in [0, 0.1) is 25.7 Å². The smallest absolute Gasteiger partial charge is 0.233 e. The predicted molar refractivity (Wildman–Crippen MR) is 75.3 cm³/mol. The molecule has 1 aliphatic rings. The van der Waals surface area contributed by atoms with E-state index in [0.29, 0.717) is 5.56 Å². The molecule has 4 heteroatoms. The number of hydrogen-bond acceptors (Lipinski definition) is 3. The van der Waals surface area contributed by atoms with Crippen LogP contribution in [0.4, 0.5) is 0 Å². The van der Waals surface area contributed by atoms with Crippen molar-refractivity contribution in [2.45, 2.75) is 27.7 Å². The number of Topliss-reactive ketones (excluding diaryl/α,β-unsaturated/α-hetero) is 1. The molecule has 0 spiro atoms. The minimum Gasteiger partial charge on any atom is -0.292 e. The van der Waals surface area contributed by atoms with E-state index >= 15 is 0 Å². The lowest BCUT2D eigenvalue weighted by Gasteiger charge is -2.14. The highest BCUT2D eigenvalue weighted by atomic mass is 16.2. The van der Waals surface area contributed by atoms with Gasteiger partial charge in [0.15, 0.2) is 5.78 Å². The van der Waals surface area contributed by atoms with Crippen molar-refractivity contribution in [3.8, 4) is 0 Å². The monoisotopic (exact) mass is 273 g/mol. The average Bonchev–Trinajstić information content (AvgIpc) is 2.59. The lowest BCUT2D eigenvalue weighted by atomic mass is 10.00. The number of amides is 2. The Kier molecular flexibility index (Phi) is 3.75. The molecule has 2 unspecified atom stereocenters. The minimum absolute atomic E-state index is 0.156. The summed E-state index contributed by atoms with van der Waals surface area (Å²) in [5.41, 5.74) is 2.43. The Bertz CT molecular complexity index is 571. The molecule has 1 aliphatic heterocycles. The largest absolute Gasteiger partial charge is 0.292 e. The molecule has 0 saturated carbocycles. The van der Waals surface area contributed by atoms with Crippen molar-refractivity contribution in [2.75, 3.05) is 6.54 Å². The van der Waals surface area contributed by atoms with Crippen LogP contribution in [-0.2, 0) is 9.59 Å². The molecule has 0 aromatic heterocycles. The molecule has 0 radical (unpaired) electrons. The zero-order chi connectivity index (χ0) is 15.0. The Hall–Kier alpha value is -1.97. The second-order valence-corrected chi connectivity index (χ2v) is 5.58. The van der Waals surface area contributed by atoms with Crippen molar-refractivity contribution in [1.29, 1.82) is 0 Å². The maximum absolute atomic E-state index is 12.3. The van der Waals surface area contributed by atoms with E-state index in [1.54, 1.807) is 19.9 Å². The second-order valence-electron chi connectivity index (χ2n) is 5.58. The number of aryl methyl sites for hydroxylation is 2. The summed E-state index contributed by atoms with van der Waals surface area (Å²) in [4.78, 5) is 37.4. The molecule has 106 valence electrons. The zero-order valence-corrected chi connectivity index (χ0v) is 12.3. The molecule has 20 heavy (non-hydrogen) atoms. The molecule has 1 aromatic rings. The van der Waals surface area contributed by atoms with Gasteiger partial charge in [0.2, 0.25) is 11.8 Å². The van der Waals surface area contributed by atoms with E-state index in [2.05, 4.69) is 0 Å². The molecule has 1 aromatic carbocycles. The lowest BCUT2D eigenvalue weighted by Crippen LogP contribution is -2.36. The maximum Gasteiger partial charge on any atom is 0.233 e. The van der Waals surface area contributed by atoms with Crippen molar-refractivity contribution in [1.82, 2.24) is 4.90 Å². The summed E-state index contributed by atoms with van der Waals surface area (Å²) in [6.07, 6.45) is 0. The highest BCUT2D eigenvalue weighted by Crippen LogP contribution is 2.25. The number of carbonyl (C=O) groups is 3. The van der Waals surface area contributed by atoms with Crippen LogP contribution >= 0.6 is 0 Å². The number of hydrogen-bond donors (Lipinski definition) is 0. The SMILES string of the molecule is Cc1ccc(C)c(C(=O)CN2C(=O)C(C)C(C)C2=O)c1. The standard InChI is InChI=1S/C16H19NO3/c1-9-5-6-10(2)13(7-9)14(18)8-17-15(19)11(3)12(4)16(17)20/h5-7,11-12H,8H2,1-4H3. The van der Waals surface area contributed by atoms with Gasteiger partial charge in [0.25, 0.3) is 0 Å². The van der Waals surface area contributed by atoms with E-state index in [-0.39, 0.29) is 36.0 Å². The first-order valence-corrected chi connectivity index (χ1v) is 6.78. The molecular weight excluding hydrogens is 254 g/mol. The summed E-state index contributed by atoms with van der Waals surface area (Å²) in [5, 5.41) is 0. The molecule has 4 nitrogen and oxygen atoms in total. The summed E-state index contributed by atoms with van der Waals surface area (Å²) in [7, 11) is 0. The van der Waals surface area contributed by atoms with Crippen LogP contribution in [0.2, 0.25) is 0 Å². The molecule has 2 atom stereocenters. The number of rotatable bonds is 3. The number of nitrogens with zero attached hydrogens (tertiary/aromatic N) is 1. The first-order chi connectivity index (χ1) is 9.32. The first kappa shape index (κ1) is 14.4. The number of likely N-dealkylation sites (tertiary alicyclic amines) is 1. The molecule has 2 rings (SSSR count). The third-order valence-corrected chi connectivity index (χ3v) is 4.06. The molecule has 0 aliphatic carbocycles. The van der Waals surface area contributed by atoms with Crippen molar-refractivity contribution in [2.24, 2.45) is 11.8 Å². The summed E-state index contributed by atoms with van der Waals surface area (Å²) in [6.45, 7) is 7.06. The summed E-state index contributed by atoms with van der Waals surface area (Å²) < 4.78 is 0. The third kappa shape index (κ3) is 2.38. The van der Waals surface area contributed by atoms with Gasteiger partial charge in [-0.2, -0.15) is 0 Å². The van der Waals surface area contributed by atoms with Crippen LogP contribution in [0.25, 0.3) is 0 Å². The van der Waals surface area contributed by atoms with Gasteiger partial charge in [0.1, 0.15) is 0 Å². The molecule has 1 heterocycles.